The SMILES string of the molecule is CC(C)C(C=O)c1cc(CCC=O)no1.COC. The molecule has 0 aliphatic heterocycles. The van der Waals surface area contributed by atoms with Gasteiger partial charge in [0.25, 0.3) is 0 Å². The molecule has 0 N–H and O–H groups in total. The molecule has 0 aromatic carbocycles. The van der Waals surface area contributed by atoms with E-state index in [0.29, 0.717) is 18.6 Å². The minimum Gasteiger partial charge on any atom is -0.388 e. The van der Waals surface area contributed by atoms with E-state index in [1.165, 1.54) is 0 Å². The topological polar surface area (TPSA) is 69.4 Å². The molecule has 1 rings (SSSR count). The minimum atomic E-state index is -0.248. The molecule has 5 nitrogen and oxygen atoms in total. The van der Waals surface area contributed by atoms with Gasteiger partial charge in [0.2, 0.25) is 0 Å². The van der Waals surface area contributed by atoms with Gasteiger partial charge in [-0.1, -0.05) is 19.0 Å². The van der Waals surface area contributed by atoms with Gasteiger partial charge in [0.1, 0.15) is 18.3 Å². The van der Waals surface area contributed by atoms with Gasteiger partial charge in [0.05, 0.1) is 11.6 Å². The number of hydrogen-bond acceptors (Lipinski definition) is 5. The van der Waals surface area contributed by atoms with Crippen molar-refractivity contribution < 1.29 is 18.8 Å². The second-order valence-electron chi connectivity index (χ2n) is 4.24. The third-order valence-corrected chi connectivity index (χ3v) is 2.29. The highest BCUT2D eigenvalue weighted by Crippen LogP contribution is 2.23. The predicted octanol–water partition coefficient (Wildman–Crippen LogP) is 2.01. The Morgan fingerprint density at radius 2 is 2.00 bits per heavy atom. The molecule has 0 amide bonds. The largest absolute Gasteiger partial charge is 0.388 e. The summed E-state index contributed by atoms with van der Waals surface area (Å²) < 4.78 is 9.33. The molecule has 0 saturated carbocycles. The summed E-state index contributed by atoms with van der Waals surface area (Å²) in [6.07, 6.45) is 2.71. The first-order valence-corrected chi connectivity index (χ1v) is 5.85. The second kappa shape index (κ2) is 9.53. The normalized spacial score (nSPS) is 11.6. The molecule has 0 aliphatic carbocycles. The third kappa shape index (κ3) is 5.72. The summed E-state index contributed by atoms with van der Waals surface area (Å²) in [5.74, 6) is 0.526. The first kappa shape index (κ1) is 16.5. The van der Waals surface area contributed by atoms with E-state index < -0.39 is 0 Å². The van der Waals surface area contributed by atoms with E-state index in [9.17, 15) is 9.59 Å². The van der Waals surface area contributed by atoms with E-state index in [0.717, 1.165) is 18.3 Å². The van der Waals surface area contributed by atoms with Gasteiger partial charge in [0, 0.05) is 26.7 Å². The Hall–Kier alpha value is -1.49. The smallest absolute Gasteiger partial charge is 0.147 e. The lowest BCUT2D eigenvalue weighted by atomic mass is 9.94. The highest BCUT2D eigenvalue weighted by Gasteiger charge is 2.19. The number of methoxy groups -OCH3 is 1. The van der Waals surface area contributed by atoms with Crippen LogP contribution in [0.3, 0.4) is 0 Å². The van der Waals surface area contributed by atoms with Gasteiger partial charge >= 0.3 is 0 Å². The van der Waals surface area contributed by atoms with E-state index in [2.05, 4.69) is 9.89 Å². The van der Waals surface area contributed by atoms with Crippen molar-refractivity contribution in [3.8, 4) is 0 Å². The van der Waals surface area contributed by atoms with Crippen molar-refractivity contribution >= 4 is 12.6 Å². The Morgan fingerprint density at radius 3 is 2.44 bits per heavy atom. The van der Waals surface area contributed by atoms with E-state index in [-0.39, 0.29) is 11.8 Å². The average molecular weight is 255 g/mol. The fourth-order valence-corrected chi connectivity index (χ4v) is 1.36. The van der Waals surface area contributed by atoms with Gasteiger partial charge in [-0.3, -0.25) is 0 Å². The fourth-order valence-electron chi connectivity index (χ4n) is 1.36. The summed E-state index contributed by atoms with van der Waals surface area (Å²) in [6, 6.07) is 1.75. The molecular weight excluding hydrogens is 234 g/mol. The lowest BCUT2D eigenvalue weighted by Gasteiger charge is -2.08. The summed E-state index contributed by atoms with van der Waals surface area (Å²) in [5, 5.41) is 3.81. The predicted molar refractivity (Wildman–Crippen MR) is 67.5 cm³/mol. The zero-order valence-corrected chi connectivity index (χ0v) is 11.4. The molecule has 1 aromatic rings. The molecule has 5 heteroatoms. The summed E-state index contributed by atoms with van der Waals surface area (Å²) in [7, 11) is 3.25. The second-order valence-corrected chi connectivity index (χ2v) is 4.24. The van der Waals surface area contributed by atoms with E-state index >= 15 is 0 Å². The standard InChI is InChI=1S/C11H15NO3.C2H6O/c1-8(2)10(7-14)11-6-9(12-15-11)4-3-5-13;1-3-2/h5-8,10H,3-4H2,1-2H3;1-2H3. The van der Waals surface area contributed by atoms with Crippen LogP contribution in [0.1, 0.15) is 37.6 Å². The van der Waals surface area contributed by atoms with Crippen LogP contribution in [0, 0.1) is 5.92 Å². The maximum absolute atomic E-state index is 10.8. The van der Waals surface area contributed by atoms with Crippen molar-refractivity contribution in [3.63, 3.8) is 0 Å². The van der Waals surface area contributed by atoms with Crippen LogP contribution in [-0.4, -0.2) is 31.9 Å². The van der Waals surface area contributed by atoms with Crippen LogP contribution in [-0.2, 0) is 20.7 Å². The van der Waals surface area contributed by atoms with Gasteiger partial charge in [0.15, 0.2) is 0 Å². The van der Waals surface area contributed by atoms with Gasteiger partial charge < -0.3 is 18.8 Å². The third-order valence-electron chi connectivity index (χ3n) is 2.29. The Labute approximate surface area is 107 Å². The van der Waals surface area contributed by atoms with Gasteiger partial charge in [-0.25, -0.2) is 0 Å². The van der Waals surface area contributed by atoms with Crippen LogP contribution in [0.5, 0.6) is 0 Å². The van der Waals surface area contributed by atoms with E-state index in [4.69, 9.17) is 4.52 Å². The maximum Gasteiger partial charge on any atom is 0.147 e. The number of aromatic nitrogens is 1. The molecule has 0 bridgehead atoms. The fraction of sp³-hybridized carbons (Fsp3) is 0.615. The molecule has 0 aliphatic rings. The van der Waals surface area contributed by atoms with E-state index in [1.807, 2.05) is 13.8 Å². The molecule has 0 spiro atoms. The monoisotopic (exact) mass is 255 g/mol. The molecule has 0 fully saturated rings. The first-order valence-electron chi connectivity index (χ1n) is 5.85. The zero-order valence-electron chi connectivity index (χ0n) is 11.4. The molecular formula is C13H21NO4. The number of ether oxygens (including phenoxy) is 1. The van der Waals surface area contributed by atoms with Crippen LogP contribution < -0.4 is 0 Å². The summed E-state index contributed by atoms with van der Waals surface area (Å²) in [5.41, 5.74) is 0.726. The van der Waals surface area contributed by atoms with Gasteiger partial charge in [-0.05, 0) is 12.3 Å². The van der Waals surface area contributed by atoms with Gasteiger partial charge in [-0.2, -0.15) is 0 Å². The molecule has 1 aromatic heterocycles. The van der Waals surface area contributed by atoms with Crippen LogP contribution in [0.2, 0.25) is 0 Å². The van der Waals surface area contributed by atoms with Crippen LogP contribution in [0.4, 0.5) is 0 Å². The van der Waals surface area contributed by atoms with Crippen LogP contribution >= 0.6 is 0 Å². The number of hydrogen-bond donors (Lipinski definition) is 0. The number of carbonyl (C=O) groups is 2. The number of nitrogens with zero attached hydrogens (tertiary/aromatic N) is 1. The molecule has 0 saturated heterocycles. The highest BCUT2D eigenvalue weighted by molar-refractivity contribution is 5.61. The molecule has 1 unspecified atom stereocenters. The van der Waals surface area contributed by atoms with Crippen LogP contribution in [0.15, 0.2) is 10.6 Å². The van der Waals surface area contributed by atoms with Crippen molar-refractivity contribution in [1.82, 2.24) is 5.16 Å². The first-order chi connectivity index (χ1) is 8.60. The summed E-state index contributed by atoms with van der Waals surface area (Å²) in [6.45, 7) is 3.90. The number of aldehydes is 2. The Kier molecular flexibility index (Phi) is 8.74. The Balaban J connectivity index is 0.000000873. The molecule has 102 valence electrons. The zero-order chi connectivity index (χ0) is 14.0. The molecule has 1 heterocycles. The summed E-state index contributed by atoms with van der Waals surface area (Å²) >= 11 is 0. The number of carbonyl (C=O) groups excluding carboxylic acids is 2. The van der Waals surface area contributed by atoms with E-state index in [1.54, 1.807) is 20.3 Å². The maximum atomic E-state index is 10.8. The van der Waals surface area contributed by atoms with Crippen molar-refractivity contribution in [2.75, 3.05) is 14.2 Å². The Bertz CT molecular complexity index is 347. The van der Waals surface area contributed by atoms with Crippen molar-refractivity contribution in [1.29, 1.82) is 0 Å². The minimum absolute atomic E-state index is 0.189. The highest BCUT2D eigenvalue weighted by atomic mass is 16.5. The number of rotatable bonds is 6. The quantitative estimate of drug-likeness (QED) is 0.727. The lowest BCUT2D eigenvalue weighted by Crippen LogP contribution is -2.06. The number of aryl methyl sites for hydroxylation is 1. The van der Waals surface area contributed by atoms with Gasteiger partial charge in [-0.15, -0.1) is 0 Å². The van der Waals surface area contributed by atoms with Crippen LogP contribution in [0.25, 0.3) is 0 Å². The molecule has 18 heavy (non-hydrogen) atoms. The summed E-state index contributed by atoms with van der Waals surface area (Å²) in [4.78, 5) is 21.0. The Morgan fingerprint density at radius 1 is 1.39 bits per heavy atom. The van der Waals surface area contributed by atoms with Crippen molar-refractivity contribution in [2.24, 2.45) is 5.92 Å². The lowest BCUT2D eigenvalue weighted by molar-refractivity contribution is -0.110. The van der Waals surface area contributed by atoms with Crippen molar-refractivity contribution in [2.45, 2.75) is 32.6 Å². The average Bonchev–Trinajstić information content (AvgIpc) is 2.76. The van der Waals surface area contributed by atoms with Crippen molar-refractivity contribution in [3.05, 3.63) is 17.5 Å². The molecule has 0 radical (unpaired) electrons. The molecule has 1 atom stereocenters.